The SMILES string of the molecule is NCC(Oc1ccc(C(=O)N[C@H](Cc2c[nH]c3ccccc23)C(=O)O)cc1)(C(=O)c1ccccc1)C(=O)c1ccccc1. The van der Waals surface area contributed by atoms with Crippen molar-refractivity contribution in [3.63, 3.8) is 0 Å². The zero-order valence-corrected chi connectivity index (χ0v) is 23.0. The first-order chi connectivity index (χ1) is 20.8. The number of hydrogen-bond donors (Lipinski definition) is 4. The quantitative estimate of drug-likeness (QED) is 0.127. The summed E-state index contributed by atoms with van der Waals surface area (Å²) in [5.41, 5.74) is 6.33. The Kier molecular flexibility index (Phi) is 8.45. The standard InChI is InChI=1S/C34H29N3O6/c35-21-34(30(38)22-9-3-1-4-10-22,31(39)23-11-5-2-6-12-23)43-26-17-15-24(16-18-26)32(40)37-29(33(41)42)19-25-20-36-28-14-8-7-13-27(25)28/h1-18,20,29,36H,19,21,35H2,(H,37,40)(H,41,42)/t29-/m1/s1. The molecule has 1 aromatic heterocycles. The highest BCUT2D eigenvalue weighted by molar-refractivity contribution is 6.23. The second kappa shape index (κ2) is 12.5. The summed E-state index contributed by atoms with van der Waals surface area (Å²) in [7, 11) is 0. The van der Waals surface area contributed by atoms with Gasteiger partial charge in [-0.15, -0.1) is 0 Å². The summed E-state index contributed by atoms with van der Waals surface area (Å²) >= 11 is 0. The van der Waals surface area contributed by atoms with E-state index in [0.29, 0.717) is 0 Å². The fraction of sp³-hybridized carbons (Fsp3) is 0.118. The molecule has 1 atom stereocenters. The van der Waals surface area contributed by atoms with Crippen LogP contribution in [-0.4, -0.2) is 51.7 Å². The maximum Gasteiger partial charge on any atom is 0.326 e. The molecule has 1 amide bonds. The Morgan fingerprint density at radius 2 is 1.33 bits per heavy atom. The molecular weight excluding hydrogens is 546 g/mol. The van der Waals surface area contributed by atoms with Crippen LogP contribution >= 0.6 is 0 Å². The molecule has 0 aliphatic rings. The van der Waals surface area contributed by atoms with Gasteiger partial charge >= 0.3 is 5.97 Å². The van der Waals surface area contributed by atoms with E-state index in [4.69, 9.17) is 10.5 Å². The number of nitrogens with one attached hydrogen (secondary N) is 2. The topological polar surface area (TPSA) is 152 Å². The minimum atomic E-state index is -2.07. The Morgan fingerprint density at radius 1 is 0.767 bits per heavy atom. The van der Waals surface area contributed by atoms with Gasteiger partial charge < -0.3 is 25.9 Å². The van der Waals surface area contributed by atoms with E-state index >= 15 is 0 Å². The van der Waals surface area contributed by atoms with E-state index in [1.807, 2.05) is 24.3 Å². The molecule has 1 heterocycles. The lowest BCUT2D eigenvalue weighted by Crippen LogP contribution is -2.57. The second-order valence-electron chi connectivity index (χ2n) is 9.98. The molecule has 0 aliphatic carbocycles. The molecule has 0 spiro atoms. The van der Waals surface area contributed by atoms with Gasteiger partial charge in [0.2, 0.25) is 17.2 Å². The number of H-pyrrole nitrogens is 1. The first-order valence-corrected chi connectivity index (χ1v) is 13.6. The molecule has 0 unspecified atom stereocenters. The number of carbonyl (C=O) groups is 4. The van der Waals surface area contributed by atoms with Crippen LogP contribution in [0.5, 0.6) is 5.75 Å². The van der Waals surface area contributed by atoms with Crippen molar-refractivity contribution in [2.45, 2.75) is 18.1 Å². The largest absolute Gasteiger partial charge is 0.480 e. The van der Waals surface area contributed by atoms with Gasteiger partial charge in [0.15, 0.2) is 0 Å². The lowest BCUT2D eigenvalue weighted by molar-refractivity contribution is -0.139. The number of carboxylic acids is 1. The van der Waals surface area contributed by atoms with Crippen LogP contribution in [0.2, 0.25) is 0 Å². The number of aliphatic carboxylic acids is 1. The number of fused-ring (bicyclic) bond motifs is 1. The van der Waals surface area contributed by atoms with Gasteiger partial charge in [0.1, 0.15) is 11.8 Å². The number of amides is 1. The molecule has 216 valence electrons. The predicted molar refractivity (Wildman–Crippen MR) is 161 cm³/mol. The summed E-state index contributed by atoms with van der Waals surface area (Å²) in [6.45, 7) is -0.440. The van der Waals surface area contributed by atoms with Crippen molar-refractivity contribution in [3.05, 3.63) is 138 Å². The Balaban J connectivity index is 1.37. The first-order valence-electron chi connectivity index (χ1n) is 13.6. The number of carboxylic acid groups (broad SMARTS) is 1. The van der Waals surface area contributed by atoms with Crippen LogP contribution in [0.1, 0.15) is 36.6 Å². The van der Waals surface area contributed by atoms with Crippen LogP contribution in [0.25, 0.3) is 10.9 Å². The molecule has 5 N–H and O–H groups in total. The van der Waals surface area contributed by atoms with Crippen LogP contribution in [0.3, 0.4) is 0 Å². The minimum Gasteiger partial charge on any atom is -0.480 e. The monoisotopic (exact) mass is 575 g/mol. The molecule has 0 saturated carbocycles. The van der Waals surface area contributed by atoms with Gasteiger partial charge in [-0.25, -0.2) is 4.79 Å². The van der Waals surface area contributed by atoms with Crippen LogP contribution in [0.4, 0.5) is 0 Å². The van der Waals surface area contributed by atoms with E-state index in [-0.39, 0.29) is 28.9 Å². The molecule has 9 nitrogen and oxygen atoms in total. The van der Waals surface area contributed by atoms with Gasteiger partial charge in [-0.2, -0.15) is 0 Å². The zero-order valence-electron chi connectivity index (χ0n) is 23.0. The third-order valence-corrected chi connectivity index (χ3v) is 7.20. The highest BCUT2D eigenvalue weighted by Gasteiger charge is 2.48. The van der Waals surface area contributed by atoms with Gasteiger partial charge in [0, 0.05) is 46.8 Å². The number of Topliss-reactive ketones (excluding diaryl/α,β-unsaturated/α-hetero) is 2. The molecule has 5 rings (SSSR count). The Bertz CT molecular complexity index is 1710. The van der Waals surface area contributed by atoms with Crippen molar-refractivity contribution in [1.82, 2.24) is 10.3 Å². The number of carbonyl (C=O) groups excluding carboxylic acids is 3. The molecule has 0 fully saturated rings. The number of hydrogen-bond acceptors (Lipinski definition) is 6. The molecule has 0 radical (unpaired) electrons. The van der Waals surface area contributed by atoms with Gasteiger partial charge in [0.05, 0.1) is 0 Å². The summed E-state index contributed by atoms with van der Waals surface area (Å²) in [6, 6.07) is 28.6. The van der Waals surface area contributed by atoms with E-state index in [1.165, 1.54) is 24.3 Å². The Hall–Kier alpha value is -5.54. The van der Waals surface area contributed by atoms with Crippen molar-refractivity contribution in [3.8, 4) is 5.75 Å². The van der Waals surface area contributed by atoms with E-state index in [0.717, 1.165) is 16.5 Å². The van der Waals surface area contributed by atoms with Gasteiger partial charge in [-0.3, -0.25) is 14.4 Å². The molecule has 9 heteroatoms. The molecular formula is C34H29N3O6. The van der Waals surface area contributed by atoms with Crippen LogP contribution in [-0.2, 0) is 11.2 Å². The lowest BCUT2D eigenvalue weighted by Gasteiger charge is -2.31. The average Bonchev–Trinajstić information content (AvgIpc) is 3.46. The third-order valence-electron chi connectivity index (χ3n) is 7.20. The molecule has 0 saturated heterocycles. The summed E-state index contributed by atoms with van der Waals surface area (Å²) in [6.07, 6.45) is 1.81. The number of nitrogens with two attached hydrogens (primary N) is 1. The molecule has 0 bridgehead atoms. The van der Waals surface area contributed by atoms with E-state index in [2.05, 4.69) is 10.3 Å². The summed E-state index contributed by atoms with van der Waals surface area (Å²) in [5, 5.41) is 13.3. The van der Waals surface area contributed by atoms with Gasteiger partial charge in [-0.05, 0) is 35.9 Å². The normalized spacial score (nSPS) is 11.9. The average molecular weight is 576 g/mol. The minimum absolute atomic E-state index is 0.0779. The number of aromatic amines is 1. The third kappa shape index (κ3) is 6.07. The van der Waals surface area contributed by atoms with Crippen molar-refractivity contribution < 1.29 is 29.0 Å². The summed E-state index contributed by atoms with van der Waals surface area (Å²) in [5.74, 6) is -2.86. The number of benzene rings is 4. The summed E-state index contributed by atoms with van der Waals surface area (Å²) < 4.78 is 6.10. The maximum absolute atomic E-state index is 13.7. The van der Waals surface area contributed by atoms with Crippen LogP contribution in [0, 0.1) is 0 Å². The van der Waals surface area contributed by atoms with Gasteiger partial charge in [-0.1, -0.05) is 78.9 Å². The van der Waals surface area contributed by atoms with Crippen molar-refractivity contribution in [2.75, 3.05) is 6.54 Å². The first kappa shape index (κ1) is 29.0. The fourth-order valence-corrected chi connectivity index (χ4v) is 4.91. The van der Waals surface area contributed by atoms with E-state index < -0.39 is 41.6 Å². The lowest BCUT2D eigenvalue weighted by atomic mass is 9.85. The predicted octanol–water partition coefficient (Wildman–Crippen LogP) is 4.44. The number of para-hydroxylation sites is 1. The highest BCUT2D eigenvalue weighted by atomic mass is 16.5. The van der Waals surface area contributed by atoms with E-state index in [1.54, 1.807) is 66.9 Å². The number of aromatic nitrogens is 1. The van der Waals surface area contributed by atoms with Crippen LogP contribution in [0.15, 0.2) is 115 Å². The second-order valence-corrected chi connectivity index (χ2v) is 9.98. The number of ether oxygens (including phenoxy) is 1. The zero-order chi connectivity index (χ0) is 30.4. The number of rotatable bonds is 12. The Morgan fingerprint density at radius 3 is 1.88 bits per heavy atom. The van der Waals surface area contributed by atoms with Crippen LogP contribution < -0.4 is 15.8 Å². The summed E-state index contributed by atoms with van der Waals surface area (Å²) in [4.78, 5) is 55.6. The van der Waals surface area contributed by atoms with Crippen molar-refractivity contribution >= 4 is 34.3 Å². The number of ketones is 2. The smallest absolute Gasteiger partial charge is 0.326 e. The Labute approximate surface area is 247 Å². The van der Waals surface area contributed by atoms with Crippen molar-refractivity contribution in [1.29, 1.82) is 0 Å². The molecule has 43 heavy (non-hydrogen) atoms. The van der Waals surface area contributed by atoms with E-state index in [9.17, 15) is 24.3 Å². The highest BCUT2D eigenvalue weighted by Crippen LogP contribution is 2.27. The van der Waals surface area contributed by atoms with Gasteiger partial charge in [0.25, 0.3) is 5.91 Å². The fourth-order valence-electron chi connectivity index (χ4n) is 4.91. The molecule has 0 aliphatic heterocycles. The van der Waals surface area contributed by atoms with Crippen molar-refractivity contribution in [2.24, 2.45) is 5.73 Å². The molecule has 4 aromatic carbocycles. The maximum atomic E-state index is 13.7. The molecule has 5 aromatic rings.